The second-order valence-corrected chi connectivity index (χ2v) is 11.6. The first kappa shape index (κ1) is 34.4. The van der Waals surface area contributed by atoms with E-state index >= 15 is 0 Å². The first-order valence-corrected chi connectivity index (χ1v) is 16.0. The van der Waals surface area contributed by atoms with Crippen molar-refractivity contribution in [3.63, 3.8) is 0 Å². The maximum atomic E-state index is 14.0. The topological polar surface area (TPSA) is 152 Å². The molecule has 0 spiro atoms. The van der Waals surface area contributed by atoms with Crippen LogP contribution in [0.25, 0.3) is 0 Å². The maximum Gasteiger partial charge on any atom is 0.408 e. The first-order chi connectivity index (χ1) is 23.8. The largest absolute Gasteiger partial charge is 0.461 e. The zero-order chi connectivity index (χ0) is 34.4. The molecule has 1 heterocycles. The highest BCUT2D eigenvalue weighted by Crippen LogP contribution is 2.11. The van der Waals surface area contributed by atoms with Crippen LogP contribution in [-0.4, -0.2) is 60.6 Å². The summed E-state index contributed by atoms with van der Waals surface area (Å²) in [5, 5.41) is 10.9. The molecule has 11 nitrogen and oxygen atoms in total. The Morgan fingerprint density at radius 1 is 0.571 bits per heavy atom. The maximum absolute atomic E-state index is 14.0. The molecule has 4 aromatic carbocycles. The molecule has 4 N–H and O–H groups in total. The third kappa shape index (κ3) is 10.5. The lowest BCUT2D eigenvalue weighted by Crippen LogP contribution is -2.61. The summed E-state index contributed by atoms with van der Waals surface area (Å²) in [4.78, 5) is 65.9. The average Bonchev–Trinajstić information content (AvgIpc) is 3.13. The Hall–Kier alpha value is -5.97. The highest BCUT2D eigenvalue weighted by atomic mass is 16.6. The van der Waals surface area contributed by atoms with E-state index in [2.05, 4.69) is 21.3 Å². The van der Waals surface area contributed by atoms with Crippen molar-refractivity contribution < 1.29 is 33.4 Å². The Kier molecular flexibility index (Phi) is 12.1. The second kappa shape index (κ2) is 17.3. The molecule has 0 aromatic heterocycles. The van der Waals surface area contributed by atoms with Gasteiger partial charge in [-0.1, -0.05) is 121 Å². The summed E-state index contributed by atoms with van der Waals surface area (Å²) in [6, 6.07) is 32.4. The van der Waals surface area contributed by atoms with E-state index in [4.69, 9.17) is 9.47 Å². The predicted octanol–water partition coefficient (Wildman–Crippen LogP) is 3.02. The van der Waals surface area contributed by atoms with E-state index in [1.54, 1.807) is 0 Å². The smallest absolute Gasteiger partial charge is 0.408 e. The first-order valence-electron chi connectivity index (χ1n) is 16.0. The van der Waals surface area contributed by atoms with Crippen molar-refractivity contribution in [2.75, 3.05) is 6.61 Å². The van der Waals surface area contributed by atoms with Crippen molar-refractivity contribution >= 4 is 29.8 Å². The van der Waals surface area contributed by atoms with Gasteiger partial charge < -0.3 is 30.7 Å². The van der Waals surface area contributed by atoms with E-state index in [0.717, 1.165) is 22.3 Å². The molecule has 0 unspecified atom stereocenters. The minimum atomic E-state index is -1.13. The SMILES string of the molecule is O=C(N[C@@H](Cc1ccccc1)C(=O)N[C@@H](Cc1ccccc1)C(=O)N[C@@H](Cc1ccccc1)C(=O)N[C@H]1COC1=O)OCc1ccccc1. The van der Waals surface area contributed by atoms with Gasteiger partial charge in [0.25, 0.3) is 0 Å². The number of nitrogens with one attached hydrogen (secondary N) is 4. The van der Waals surface area contributed by atoms with Gasteiger partial charge in [0.15, 0.2) is 6.04 Å². The number of cyclic esters (lactones) is 1. The Balaban J connectivity index is 1.34. The molecule has 1 aliphatic heterocycles. The van der Waals surface area contributed by atoms with Crippen LogP contribution >= 0.6 is 0 Å². The fraction of sp³-hybridized carbons (Fsp3) is 0.237. The number of hydrogen-bond acceptors (Lipinski definition) is 7. The summed E-state index contributed by atoms with van der Waals surface area (Å²) in [5.41, 5.74) is 3.11. The highest BCUT2D eigenvalue weighted by molar-refractivity contribution is 5.95. The molecule has 0 saturated carbocycles. The van der Waals surface area contributed by atoms with E-state index in [0.29, 0.717) is 0 Å². The van der Waals surface area contributed by atoms with Crippen LogP contribution in [0.3, 0.4) is 0 Å². The van der Waals surface area contributed by atoms with Crippen molar-refractivity contribution in [2.24, 2.45) is 0 Å². The third-order valence-electron chi connectivity index (χ3n) is 7.93. The molecule has 11 heteroatoms. The van der Waals surface area contributed by atoms with Gasteiger partial charge in [-0.25, -0.2) is 9.59 Å². The second-order valence-electron chi connectivity index (χ2n) is 11.6. The molecule has 1 saturated heterocycles. The number of ether oxygens (including phenoxy) is 2. The summed E-state index contributed by atoms with van der Waals surface area (Å²) in [6.45, 7) is 0.0572. The highest BCUT2D eigenvalue weighted by Gasteiger charge is 2.36. The lowest BCUT2D eigenvalue weighted by atomic mass is 10.0. The lowest BCUT2D eigenvalue weighted by Gasteiger charge is -2.29. The van der Waals surface area contributed by atoms with Crippen LogP contribution in [-0.2, 0) is 54.5 Å². The lowest BCUT2D eigenvalue weighted by molar-refractivity contribution is -0.164. The summed E-state index contributed by atoms with van der Waals surface area (Å²) in [7, 11) is 0. The molecule has 49 heavy (non-hydrogen) atoms. The molecule has 252 valence electrons. The molecule has 4 atom stereocenters. The van der Waals surface area contributed by atoms with Crippen LogP contribution in [0.1, 0.15) is 22.3 Å². The van der Waals surface area contributed by atoms with Gasteiger partial charge in [0, 0.05) is 19.3 Å². The third-order valence-corrected chi connectivity index (χ3v) is 7.93. The van der Waals surface area contributed by atoms with Gasteiger partial charge in [0.05, 0.1) is 0 Å². The van der Waals surface area contributed by atoms with Crippen molar-refractivity contribution in [1.82, 2.24) is 21.3 Å². The summed E-state index contributed by atoms with van der Waals surface area (Å²) in [5.74, 6) is -2.34. The summed E-state index contributed by atoms with van der Waals surface area (Å²) in [6.07, 6.45) is -0.428. The number of alkyl carbamates (subject to hydrolysis) is 1. The van der Waals surface area contributed by atoms with E-state index in [1.807, 2.05) is 121 Å². The van der Waals surface area contributed by atoms with Gasteiger partial charge in [0.2, 0.25) is 17.7 Å². The molecule has 1 fully saturated rings. The normalized spacial score (nSPS) is 15.3. The number of hydrogen-bond donors (Lipinski definition) is 4. The molecule has 4 amide bonds. The van der Waals surface area contributed by atoms with Crippen LogP contribution in [0, 0.1) is 0 Å². The molecular weight excluding hydrogens is 624 g/mol. The fourth-order valence-electron chi connectivity index (χ4n) is 5.24. The number of amides is 4. The minimum Gasteiger partial charge on any atom is -0.461 e. The van der Waals surface area contributed by atoms with Crippen LogP contribution in [0.5, 0.6) is 0 Å². The van der Waals surface area contributed by atoms with Crippen LogP contribution in [0.4, 0.5) is 4.79 Å². The Labute approximate surface area is 284 Å². The molecule has 0 bridgehead atoms. The van der Waals surface area contributed by atoms with Gasteiger partial charge >= 0.3 is 12.1 Å². The van der Waals surface area contributed by atoms with E-state index in [9.17, 15) is 24.0 Å². The quantitative estimate of drug-likeness (QED) is 0.143. The molecule has 4 aromatic rings. The van der Waals surface area contributed by atoms with Gasteiger partial charge in [0.1, 0.15) is 31.3 Å². The molecule has 0 aliphatic carbocycles. The zero-order valence-electron chi connectivity index (χ0n) is 26.7. The zero-order valence-corrected chi connectivity index (χ0v) is 26.7. The standard InChI is InChI=1S/C38H38N4O7/c43-34(39-31(22-27-15-7-2-8-16-27)35(44)41-33-25-48-37(33)46)30(21-26-13-5-1-6-14-26)40-36(45)32(23-28-17-9-3-10-18-28)42-38(47)49-24-29-19-11-4-12-20-29/h1-20,30-33H,21-25H2,(H,39,43)(H,40,45)(H,41,44)(H,42,47)/t30-,31-,32-,33-/m0/s1. The molecule has 5 rings (SSSR count). The van der Waals surface area contributed by atoms with Crippen LogP contribution < -0.4 is 21.3 Å². The van der Waals surface area contributed by atoms with E-state index < -0.39 is 54.0 Å². The number of esters is 1. The van der Waals surface area contributed by atoms with Crippen LogP contribution in [0.2, 0.25) is 0 Å². The summed E-state index contributed by atoms with van der Waals surface area (Å²) < 4.78 is 10.2. The van der Waals surface area contributed by atoms with Crippen molar-refractivity contribution in [3.8, 4) is 0 Å². The monoisotopic (exact) mass is 662 g/mol. The molecular formula is C38H38N4O7. The van der Waals surface area contributed by atoms with Crippen molar-refractivity contribution in [3.05, 3.63) is 144 Å². The van der Waals surface area contributed by atoms with Crippen molar-refractivity contribution in [1.29, 1.82) is 0 Å². The molecule has 1 aliphatic rings. The Morgan fingerprint density at radius 2 is 0.959 bits per heavy atom. The van der Waals surface area contributed by atoms with Gasteiger partial charge in [-0.3, -0.25) is 14.4 Å². The number of rotatable bonds is 15. The predicted molar refractivity (Wildman–Crippen MR) is 181 cm³/mol. The molecule has 0 radical (unpaired) electrons. The Morgan fingerprint density at radius 3 is 1.35 bits per heavy atom. The number of carbonyl (C=O) groups is 5. The van der Waals surface area contributed by atoms with Gasteiger partial charge in [-0.15, -0.1) is 0 Å². The van der Waals surface area contributed by atoms with Gasteiger partial charge in [-0.2, -0.15) is 0 Å². The Bertz CT molecular complexity index is 1710. The van der Waals surface area contributed by atoms with Crippen molar-refractivity contribution in [2.45, 2.75) is 50.0 Å². The van der Waals surface area contributed by atoms with E-state index in [-0.39, 0.29) is 32.5 Å². The minimum absolute atomic E-state index is 0.00876. The van der Waals surface area contributed by atoms with E-state index in [1.165, 1.54) is 0 Å². The van der Waals surface area contributed by atoms with Gasteiger partial charge in [-0.05, 0) is 22.3 Å². The number of carbonyl (C=O) groups excluding carboxylic acids is 5. The van der Waals surface area contributed by atoms with Crippen LogP contribution in [0.15, 0.2) is 121 Å². The average molecular weight is 663 g/mol. The fourth-order valence-corrected chi connectivity index (χ4v) is 5.24. The number of benzene rings is 4. The summed E-state index contributed by atoms with van der Waals surface area (Å²) >= 11 is 0.